The normalized spacial score (nSPS) is 10.4. The summed E-state index contributed by atoms with van der Waals surface area (Å²) < 4.78 is 14.6. The Morgan fingerprint density at radius 2 is 2.00 bits per heavy atom. The molecule has 2 aromatic carbocycles. The first-order valence-corrected chi connectivity index (χ1v) is 7.02. The van der Waals surface area contributed by atoms with E-state index in [-0.39, 0.29) is 13.1 Å². The molecule has 110 valence electrons. The molecule has 0 aliphatic heterocycles. The predicted octanol–water partition coefficient (Wildman–Crippen LogP) is 3.26. The summed E-state index contributed by atoms with van der Waals surface area (Å²) in [6.07, 6.45) is 0. The van der Waals surface area contributed by atoms with Gasteiger partial charge in [0, 0.05) is 16.6 Å². The van der Waals surface area contributed by atoms with Gasteiger partial charge in [0.2, 0.25) is 0 Å². The second-order valence-electron chi connectivity index (χ2n) is 4.54. The van der Waals surface area contributed by atoms with Crippen molar-refractivity contribution in [3.8, 4) is 0 Å². The number of nitrogen functional groups attached to an aromatic ring is 1. The Morgan fingerprint density at radius 1 is 1.29 bits per heavy atom. The van der Waals surface area contributed by atoms with Crippen LogP contribution >= 0.6 is 15.9 Å². The lowest BCUT2D eigenvalue weighted by Crippen LogP contribution is -2.30. The molecular formula is C15H14BrFN2O2. The highest BCUT2D eigenvalue weighted by molar-refractivity contribution is 9.10. The zero-order valence-electron chi connectivity index (χ0n) is 11.1. The number of aliphatic carboxylic acids is 1. The number of hydrogen-bond acceptors (Lipinski definition) is 3. The predicted molar refractivity (Wildman–Crippen MR) is 83.6 cm³/mol. The number of carboxylic acids is 1. The number of benzene rings is 2. The zero-order valence-corrected chi connectivity index (χ0v) is 12.7. The second kappa shape index (κ2) is 6.58. The standard InChI is InChI=1S/C15H14BrFN2O2/c16-11-6-5-10(12(17)7-11)8-19(9-15(20)21)14-4-2-1-3-13(14)18/h1-7H,8-9,18H2,(H,20,21). The van der Waals surface area contributed by atoms with Gasteiger partial charge in [0.15, 0.2) is 0 Å². The first-order valence-electron chi connectivity index (χ1n) is 6.22. The van der Waals surface area contributed by atoms with Crippen LogP contribution in [-0.4, -0.2) is 17.6 Å². The minimum atomic E-state index is -1.00. The van der Waals surface area contributed by atoms with Crippen molar-refractivity contribution in [3.63, 3.8) is 0 Å². The number of hydrogen-bond donors (Lipinski definition) is 2. The monoisotopic (exact) mass is 352 g/mol. The molecule has 0 aromatic heterocycles. The van der Waals surface area contributed by atoms with E-state index in [1.54, 1.807) is 36.4 Å². The third-order valence-electron chi connectivity index (χ3n) is 2.98. The fourth-order valence-electron chi connectivity index (χ4n) is 2.02. The third-order valence-corrected chi connectivity index (χ3v) is 3.47. The van der Waals surface area contributed by atoms with Gasteiger partial charge in [-0.25, -0.2) is 4.39 Å². The number of carbonyl (C=O) groups is 1. The SMILES string of the molecule is Nc1ccccc1N(CC(=O)O)Cc1ccc(Br)cc1F. The van der Waals surface area contributed by atoms with Gasteiger partial charge in [0.25, 0.3) is 0 Å². The van der Waals surface area contributed by atoms with Crippen LogP contribution in [0.25, 0.3) is 0 Å². The lowest BCUT2D eigenvalue weighted by Gasteiger charge is -2.24. The van der Waals surface area contributed by atoms with Gasteiger partial charge in [-0.2, -0.15) is 0 Å². The summed E-state index contributed by atoms with van der Waals surface area (Å²) in [5.74, 6) is -1.40. The number of rotatable bonds is 5. The molecule has 0 spiro atoms. The minimum absolute atomic E-state index is 0.125. The van der Waals surface area contributed by atoms with Crippen LogP contribution in [0.2, 0.25) is 0 Å². The van der Waals surface area contributed by atoms with Crippen LogP contribution in [0.5, 0.6) is 0 Å². The molecule has 0 heterocycles. The summed E-state index contributed by atoms with van der Waals surface area (Å²) >= 11 is 3.19. The van der Waals surface area contributed by atoms with E-state index < -0.39 is 11.8 Å². The van der Waals surface area contributed by atoms with Crippen LogP contribution < -0.4 is 10.6 Å². The molecule has 0 aliphatic rings. The van der Waals surface area contributed by atoms with Crippen molar-refractivity contribution in [1.82, 2.24) is 0 Å². The van der Waals surface area contributed by atoms with Gasteiger partial charge in [0.1, 0.15) is 12.4 Å². The number of carboxylic acid groups (broad SMARTS) is 1. The topological polar surface area (TPSA) is 66.6 Å². The van der Waals surface area contributed by atoms with Crippen molar-refractivity contribution in [2.24, 2.45) is 0 Å². The highest BCUT2D eigenvalue weighted by Gasteiger charge is 2.15. The molecule has 0 unspecified atom stereocenters. The number of halogens is 2. The third kappa shape index (κ3) is 3.95. The van der Waals surface area contributed by atoms with Crippen LogP contribution in [0.1, 0.15) is 5.56 Å². The maximum absolute atomic E-state index is 13.9. The summed E-state index contributed by atoms with van der Waals surface area (Å²) in [6, 6.07) is 11.6. The Bertz CT molecular complexity index is 664. The summed E-state index contributed by atoms with van der Waals surface area (Å²) in [6.45, 7) is -0.136. The van der Waals surface area contributed by atoms with Gasteiger partial charge in [-0.3, -0.25) is 4.79 Å². The van der Waals surface area contributed by atoms with E-state index in [0.29, 0.717) is 21.4 Å². The summed E-state index contributed by atoms with van der Waals surface area (Å²) in [7, 11) is 0. The highest BCUT2D eigenvalue weighted by Crippen LogP contribution is 2.25. The van der Waals surface area contributed by atoms with Crippen molar-refractivity contribution < 1.29 is 14.3 Å². The molecule has 0 fully saturated rings. The Hall–Kier alpha value is -2.08. The number of nitrogens with two attached hydrogens (primary N) is 1. The van der Waals surface area contributed by atoms with Crippen LogP contribution in [0.4, 0.5) is 15.8 Å². The van der Waals surface area contributed by atoms with Crippen molar-refractivity contribution in [3.05, 3.63) is 58.3 Å². The Kier molecular flexibility index (Phi) is 4.80. The van der Waals surface area contributed by atoms with E-state index in [1.807, 2.05) is 0 Å². The average Bonchev–Trinajstić information content (AvgIpc) is 2.41. The molecule has 0 aliphatic carbocycles. The van der Waals surface area contributed by atoms with E-state index in [1.165, 1.54) is 11.0 Å². The lowest BCUT2D eigenvalue weighted by molar-refractivity contribution is -0.135. The van der Waals surface area contributed by atoms with E-state index in [4.69, 9.17) is 10.8 Å². The molecule has 2 aromatic rings. The number of nitrogens with zero attached hydrogens (tertiary/aromatic N) is 1. The van der Waals surface area contributed by atoms with Crippen molar-refractivity contribution in [2.75, 3.05) is 17.2 Å². The quantitative estimate of drug-likeness (QED) is 0.810. The van der Waals surface area contributed by atoms with Gasteiger partial charge in [-0.15, -0.1) is 0 Å². The van der Waals surface area contributed by atoms with E-state index in [2.05, 4.69) is 15.9 Å². The average molecular weight is 353 g/mol. The maximum Gasteiger partial charge on any atom is 0.323 e. The second-order valence-corrected chi connectivity index (χ2v) is 5.46. The molecule has 0 saturated carbocycles. The van der Waals surface area contributed by atoms with Crippen LogP contribution in [0, 0.1) is 5.82 Å². The molecule has 6 heteroatoms. The van der Waals surface area contributed by atoms with Gasteiger partial charge in [-0.1, -0.05) is 34.1 Å². The lowest BCUT2D eigenvalue weighted by atomic mass is 10.1. The molecule has 4 nitrogen and oxygen atoms in total. The Balaban J connectivity index is 2.33. The minimum Gasteiger partial charge on any atom is -0.480 e. The summed E-state index contributed by atoms with van der Waals surface area (Å²) in [4.78, 5) is 12.6. The molecule has 21 heavy (non-hydrogen) atoms. The van der Waals surface area contributed by atoms with E-state index in [9.17, 15) is 9.18 Å². The molecule has 3 N–H and O–H groups in total. The first-order chi connectivity index (χ1) is 9.97. The van der Waals surface area contributed by atoms with Gasteiger partial charge < -0.3 is 15.7 Å². The molecule has 0 radical (unpaired) electrons. The maximum atomic E-state index is 13.9. The van der Waals surface area contributed by atoms with Crippen LogP contribution in [-0.2, 0) is 11.3 Å². The van der Waals surface area contributed by atoms with Crippen molar-refractivity contribution in [2.45, 2.75) is 6.54 Å². The van der Waals surface area contributed by atoms with E-state index in [0.717, 1.165) is 0 Å². The summed E-state index contributed by atoms with van der Waals surface area (Å²) in [5.41, 5.74) is 7.31. The zero-order chi connectivity index (χ0) is 15.4. The van der Waals surface area contributed by atoms with Crippen LogP contribution in [0.15, 0.2) is 46.9 Å². The first kappa shape index (κ1) is 15.3. The molecule has 0 saturated heterocycles. The molecule has 2 rings (SSSR count). The molecule has 0 bridgehead atoms. The Morgan fingerprint density at radius 3 is 2.62 bits per heavy atom. The van der Waals surface area contributed by atoms with Gasteiger partial charge in [-0.05, 0) is 24.3 Å². The van der Waals surface area contributed by atoms with E-state index >= 15 is 0 Å². The van der Waals surface area contributed by atoms with Gasteiger partial charge >= 0.3 is 5.97 Å². The van der Waals surface area contributed by atoms with Crippen LogP contribution in [0.3, 0.4) is 0 Å². The Labute approximate surface area is 130 Å². The van der Waals surface area contributed by atoms with Crippen molar-refractivity contribution in [1.29, 1.82) is 0 Å². The number of para-hydroxylation sites is 2. The molecule has 0 atom stereocenters. The molecular weight excluding hydrogens is 339 g/mol. The summed E-state index contributed by atoms with van der Waals surface area (Å²) in [5, 5.41) is 9.04. The van der Waals surface area contributed by atoms with Gasteiger partial charge in [0.05, 0.1) is 11.4 Å². The molecule has 0 amide bonds. The fraction of sp³-hybridized carbons (Fsp3) is 0.133. The smallest absolute Gasteiger partial charge is 0.323 e. The fourth-order valence-corrected chi connectivity index (χ4v) is 2.35. The highest BCUT2D eigenvalue weighted by atomic mass is 79.9. The number of anilines is 2. The van der Waals surface area contributed by atoms with Crippen molar-refractivity contribution >= 4 is 33.3 Å². The largest absolute Gasteiger partial charge is 0.480 e.